The highest BCUT2D eigenvalue weighted by atomic mass is 32.1. The Labute approximate surface area is 310 Å². The van der Waals surface area contributed by atoms with Crippen LogP contribution in [0.15, 0.2) is 164 Å². The van der Waals surface area contributed by atoms with Gasteiger partial charge >= 0.3 is 6.85 Å². The van der Waals surface area contributed by atoms with Gasteiger partial charge in [0.2, 0.25) is 0 Å². The van der Waals surface area contributed by atoms with E-state index in [9.17, 15) is 0 Å². The molecule has 0 aliphatic carbocycles. The van der Waals surface area contributed by atoms with Crippen LogP contribution in [-0.4, -0.2) is 19.4 Å². The lowest BCUT2D eigenvalue weighted by Crippen LogP contribution is -2.77. The summed E-state index contributed by atoms with van der Waals surface area (Å²) in [6.07, 6.45) is 0. The zero-order chi connectivity index (χ0) is 34.2. The molecule has 6 heterocycles. The predicted octanol–water partition coefficient (Wildman–Crippen LogP) is 8.25. The summed E-state index contributed by atoms with van der Waals surface area (Å²) in [6.45, 7) is 0.0203. The summed E-state index contributed by atoms with van der Waals surface area (Å²) in [4.78, 5) is 2.68. The van der Waals surface area contributed by atoms with Gasteiger partial charge in [0.1, 0.15) is 0 Å². The Morgan fingerprint density at radius 1 is 0.491 bits per heavy atom. The van der Waals surface area contributed by atoms with E-state index in [0.717, 1.165) is 0 Å². The highest BCUT2D eigenvalue weighted by molar-refractivity contribution is 7.27. The van der Waals surface area contributed by atoms with Crippen LogP contribution in [0.1, 0.15) is 0 Å². The van der Waals surface area contributed by atoms with E-state index < -0.39 is 8.07 Å². The zero-order valence-corrected chi connectivity index (χ0v) is 30.3. The van der Waals surface area contributed by atoms with Gasteiger partial charge in [-0.05, 0) is 77.3 Å². The molecule has 8 aromatic carbocycles. The number of hydrogen-bond donors (Lipinski definition) is 0. The van der Waals surface area contributed by atoms with Crippen molar-refractivity contribution in [2.24, 2.45) is 0 Å². The zero-order valence-electron chi connectivity index (χ0n) is 28.5. The van der Waals surface area contributed by atoms with Crippen LogP contribution >= 0.6 is 11.3 Å². The highest BCUT2D eigenvalue weighted by Gasteiger charge is 2.56. The number of benzene rings is 8. The average molecular weight is 703 g/mol. The number of anilines is 3. The Hall–Kier alpha value is -6.14. The molecule has 1 spiro atoms. The minimum atomic E-state index is -2.72. The Morgan fingerprint density at radius 2 is 1.13 bits per heavy atom. The minimum Gasteiger partial charge on any atom is -0.374 e. The average Bonchev–Trinajstić information content (AvgIpc) is 3.85. The number of fused-ring (bicyclic) bond motifs is 20. The van der Waals surface area contributed by atoms with Gasteiger partial charge in [-0.15, -0.1) is 11.3 Å². The Bertz CT molecular complexity index is 3290. The number of rotatable bonds is 0. The fourth-order valence-corrected chi connectivity index (χ4v) is 18.0. The fraction of sp³-hybridized carbons (Fsp3) is 0. The number of para-hydroxylation sites is 3. The molecule has 53 heavy (non-hydrogen) atoms. The molecule has 242 valence electrons. The van der Waals surface area contributed by atoms with Crippen molar-refractivity contribution >= 4 is 117 Å². The maximum absolute atomic E-state index is 2.76. The van der Waals surface area contributed by atoms with Gasteiger partial charge in [0.25, 0.3) is 0 Å². The van der Waals surface area contributed by atoms with Gasteiger partial charge in [-0.2, -0.15) is 0 Å². The highest BCUT2D eigenvalue weighted by Crippen LogP contribution is 2.51. The first-order chi connectivity index (χ1) is 26.3. The van der Waals surface area contributed by atoms with Crippen LogP contribution in [0.25, 0.3) is 64.2 Å². The number of thiophene rings is 1. The van der Waals surface area contributed by atoms with Gasteiger partial charge in [-0.1, -0.05) is 146 Å². The van der Waals surface area contributed by atoms with E-state index in [-0.39, 0.29) is 6.85 Å². The second-order valence-corrected chi connectivity index (χ2v) is 19.8. The molecule has 5 heteroatoms. The van der Waals surface area contributed by atoms with Gasteiger partial charge in [-0.3, -0.25) is 0 Å². The van der Waals surface area contributed by atoms with E-state index in [2.05, 4.69) is 173 Å². The third-order valence-corrected chi connectivity index (χ3v) is 19.1. The van der Waals surface area contributed by atoms with Crippen LogP contribution in [0.3, 0.4) is 0 Å². The SMILES string of the molecule is c1ccc2c(c1)-c1ccccc1[Si]21c2ccccc2N2c3cc4ccccc4c4c3B(c3cccc1c32)n1c2c-4cccc2c2sc3ccccc3c21. The molecule has 0 unspecified atom stereocenters. The van der Waals surface area contributed by atoms with Crippen LogP contribution in [0.2, 0.25) is 0 Å². The number of hydrogen-bond acceptors (Lipinski definition) is 2. The molecular weight excluding hydrogens is 676 g/mol. The molecule has 10 aromatic rings. The molecule has 0 atom stereocenters. The van der Waals surface area contributed by atoms with Crippen molar-refractivity contribution in [1.82, 2.24) is 4.48 Å². The molecular formula is C48H27BN2SSi. The van der Waals surface area contributed by atoms with Crippen molar-refractivity contribution in [3.8, 4) is 22.3 Å². The molecule has 0 saturated carbocycles. The van der Waals surface area contributed by atoms with Crippen molar-refractivity contribution in [3.63, 3.8) is 0 Å². The van der Waals surface area contributed by atoms with Crippen LogP contribution in [0, 0.1) is 0 Å². The fourth-order valence-electron chi connectivity index (χ4n) is 11.2. The summed E-state index contributed by atoms with van der Waals surface area (Å²) < 4.78 is 5.51. The Balaban J connectivity index is 1.23. The summed E-state index contributed by atoms with van der Waals surface area (Å²) in [7, 11) is -2.72. The van der Waals surface area contributed by atoms with E-state index in [4.69, 9.17) is 0 Å². The van der Waals surface area contributed by atoms with Crippen LogP contribution in [0.4, 0.5) is 17.1 Å². The van der Waals surface area contributed by atoms with Gasteiger partial charge in [0, 0.05) is 43.6 Å². The number of nitrogens with zero attached hydrogens (tertiary/aromatic N) is 2. The third-order valence-electron chi connectivity index (χ3n) is 12.9. The largest absolute Gasteiger partial charge is 0.374 e. The topological polar surface area (TPSA) is 8.17 Å². The molecule has 2 nitrogen and oxygen atoms in total. The first-order valence-corrected chi connectivity index (χ1v) is 21.4. The molecule has 4 aliphatic heterocycles. The maximum Gasteiger partial charge on any atom is 0.333 e. The maximum atomic E-state index is 2.76. The van der Waals surface area contributed by atoms with E-state index in [1.54, 1.807) is 0 Å². The van der Waals surface area contributed by atoms with Gasteiger partial charge in [-0.25, -0.2) is 0 Å². The van der Waals surface area contributed by atoms with E-state index >= 15 is 0 Å². The van der Waals surface area contributed by atoms with Crippen LogP contribution < -0.4 is 36.6 Å². The first kappa shape index (κ1) is 27.5. The van der Waals surface area contributed by atoms with Gasteiger partial charge in [0.05, 0.1) is 10.2 Å². The van der Waals surface area contributed by atoms with Gasteiger partial charge < -0.3 is 9.38 Å². The lowest BCUT2D eigenvalue weighted by molar-refractivity contribution is 1.27. The predicted molar refractivity (Wildman–Crippen MR) is 229 cm³/mol. The molecule has 0 bridgehead atoms. The van der Waals surface area contributed by atoms with Crippen LogP contribution in [-0.2, 0) is 0 Å². The number of aromatic nitrogens is 1. The molecule has 14 rings (SSSR count). The van der Waals surface area contributed by atoms with E-state index in [0.29, 0.717) is 0 Å². The van der Waals surface area contributed by atoms with Gasteiger partial charge in [0.15, 0.2) is 8.07 Å². The van der Waals surface area contributed by atoms with E-state index in [1.807, 2.05) is 11.3 Å². The molecule has 4 aliphatic rings. The van der Waals surface area contributed by atoms with Crippen molar-refractivity contribution in [2.45, 2.75) is 0 Å². The molecule has 0 N–H and O–H groups in total. The molecule has 2 aromatic heterocycles. The van der Waals surface area contributed by atoms with Crippen molar-refractivity contribution in [1.29, 1.82) is 0 Å². The Morgan fingerprint density at radius 3 is 1.98 bits per heavy atom. The van der Waals surface area contributed by atoms with Crippen molar-refractivity contribution in [2.75, 3.05) is 4.90 Å². The lowest BCUT2D eigenvalue weighted by Gasteiger charge is -2.49. The monoisotopic (exact) mass is 702 g/mol. The van der Waals surface area contributed by atoms with Crippen molar-refractivity contribution in [3.05, 3.63) is 164 Å². The van der Waals surface area contributed by atoms with Crippen LogP contribution in [0.5, 0.6) is 0 Å². The molecule has 0 saturated heterocycles. The lowest BCUT2D eigenvalue weighted by atomic mass is 9.44. The molecule has 0 fully saturated rings. The second-order valence-electron chi connectivity index (χ2n) is 15.1. The Kier molecular flexibility index (Phi) is 4.80. The molecule has 0 amide bonds. The second kappa shape index (κ2) is 9.26. The summed E-state index contributed by atoms with van der Waals surface area (Å²) in [6, 6.07) is 63.0. The van der Waals surface area contributed by atoms with E-state index in [1.165, 1.54) is 113 Å². The third kappa shape index (κ3) is 2.95. The minimum absolute atomic E-state index is 0.0203. The molecule has 0 radical (unpaired) electrons. The summed E-state index contributed by atoms with van der Waals surface area (Å²) in [5, 5.41) is 11.3. The summed E-state index contributed by atoms with van der Waals surface area (Å²) in [5.41, 5.74) is 15.1. The first-order valence-electron chi connectivity index (χ1n) is 18.6. The normalized spacial score (nSPS) is 14.9. The quantitative estimate of drug-likeness (QED) is 0.145. The summed E-state index contributed by atoms with van der Waals surface area (Å²) >= 11 is 1.95. The standard InChI is InChI=1S/C48H27BN2SSi/c1-2-14-29-28(13-1)27-37-44-43(29)33-18-11-19-34-45(33)51(46-32-17-3-7-22-38(32)52-48(34)46)49(44)35-20-12-26-42-47(35)50(37)36-21-6-10-25-41(36)53(42)39-23-8-4-15-30(39)31-16-5-9-24-40(31)53/h1-27H. The summed E-state index contributed by atoms with van der Waals surface area (Å²) in [5.74, 6) is 0. The smallest absolute Gasteiger partial charge is 0.333 e. The van der Waals surface area contributed by atoms with Crippen molar-refractivity contribution < 1.29 is 0 Å².